The molecule has 1 aliphatic heterocycles. The van der Waals surface area contributed by atoms with Crippen molar-refractivity contribution in [3.8, 4) is 5.75 Å². The first-order chi connectivity index (χ1) is 9.99. The van der Waals surface area contributed by atoms with Gasteiger partial charge in [-0.05, 0) is 17.7 Å². The van der Waals surface area contributed by atoms with Crippen molar-refractivity contribution in [3.63, 3.8) is 0 Å². The summed E-state index contributed by atoms with van der Waals surface area (Å²) in [5, 5.41) is 19.7. The molecule has 0 aliphatic carbocycles. The van der Waals surface area contributed by atoms with Crippen molar-refractivity contribution in [2.75, 3.05) is 14.2 Å². The van der Waals surface area contributed by atoms with Gasteiger partial charge in [0.05, 0.1) is 14.2 Å². The Morgan fingerprint density at radius 3 is 2.43 bits per heavy atom. The van der Waals surface area contributed by atoms with Gasteiger partial charge in [0.1, 0.15) is 11.3 Å². The number of aliphatic hydroxyl groups excluding tert-OH is 2. The summed E-state index contributed by atoms with van der Waals surface area (Å²) in [4.78, 5) is 23.1. The molecule has 0 amide bonds. The molecular formula is C14H14O7. The molecule has 1 aromatic rings. The van der Waals surface area contributed by atoms with E-state index in [0.29, 0.717) is 11.3 Å². The second-order valence-corrected chi connectivity index (χ2v) is 4.28. The Morgan fingerprint density at radius 1 is 1.29 bits per heavy atom. The molecule has 1 heterocycles. The normalized spacial score (nSPS) is 19.2. The Balaban J connectivity index is 2.34. The molecule has 0 saturated carbocycles. The molecule has 112 valence electrons. The molecular weight excluding hydrogens is 280 g/mol. The van der Waals surface area contributed by atoms with Crippen molar-refractivity contribution in [3.05, 3.63) is 35.6 Å². The van der Waals surface area contributed by atoms with Crippen molar-refractivity contribution in [1.29, 1.82) is 0 Å². The minimum Gasteiger partial charge on any atom is -0.507 e. The second kappa shape index (κ2) is 5.84. The second-order valence-electron chi connectivity index (χ2n) is 4.28. The van der Waals surface area contributed by atoms with Gasteiger partial charge in [0, 0.05) is 0 Å². The highest BCUT2D eigenvalue weighted by atomic mass is 16.6. The smallest absolute Gasteiger partial charge is 0.343 e. The van der Waals surface area contributed by atoms with Crippen LogP contribution in [0.1, 0.15) is 5.56 Å². The zero-order chi connectivity index (χ0) is 15.6. The molecule has 0 radical (unpaired) electrons. The van der Waals surface area contributed by atoms with E-state index in [4.69, 9.17) is 9.47 Å². The zero-order valence-corrected chi connectivity index (χ0v) is 11.4. The highest BCUT2D eigenvalue weighted by molar-refractivity contribution is 6.19. The molecule has 0 fully saturated rings. The lowest BCUT2D eigenvalue weighted by atomic mass is 10.0. The van der Waals surface area contributed by atoms with E-state index in [2.05, 4.69) is 4.74 Å². The molecule has 7 nitrogen and oxygen atoms in total. The van der Waals surface area contributed by atoms with Crippen LogP contribution in [0.15, 0.2) is 30.0 Å². The number of methoxy groups -OCH3 is 2. The molecule has 0 aromatic heterocycles. The van der Waals surface area contributed by atoms with Crippen molar-refractivity contribution in [2.45, 2.75) is 12.2 Å². The van der Waals surface area contributed by atoms with Crippen molar-refractivity contribution in [1.82, 2.24) is 0 Å². The molecule has 0 unspecified atom stereocenters. The lowest BCUT2D eigenvalue weighted by molar-refractivity contribution is -0.161. The summed E-state index contributed by atoms with van der Waals surface area (Å²) in [7, 11) is 2.58. The van der Waals surface area contributed by atoms with Crippen LogP contribution in [0.2, 0.25) is 0 Å². The monoisotopic (exact) mass is 294 g/mol. The van der Waals surface area contributed by atoms with Crippen molar-refractivity contribution < 1.29 is 34.0 Å². The Labute approximate surface area is 120 Å². The quantitative estimate of drug-likeness (QED) is 0.776. The Kier molecular flexibility index (Phi) is 4.13. The van der Waals surface area contributed by atoms with E-state index in [-0.39, 0.29) is 5.57 Å². The van der Waals surface area contributed by atoms with Crippen LogP contribution in [0.4, 0.5) is 0 Å². The lowest BCUT2D eigenvalue weighted by Gasteiger charge is -2.14. The van der Waals surface area contributed by atoms with Crippen LogP contribution in [0.5, 0.6) is 5.75 Å². The third kappa shape index (κ3) is 2.68. The maximum Gasteiger partial charge on any atom is 0.343 e. The number of carbonyl (C=O) groups is 2. The van der Waals surface area contributed by atoms with E-state index in [1.807, 2.05) is 0 Å². The van der Waals surface area contributed by atoms with Gasteiger partial charge in [-0.2, -0.15) is 0 Å². The zero-order valence-electron chi connectivity index (χ0n) is 11.4. The van der Waals surface area contributed by atoms with E-state index >= 15 is 0 Å². The standard InChI is InChI=1S/C14H14O7/c1-19-8-5-3-7(4-6-8)9-10(15)12(21-13(9)17)11(16)14(18)20-2/h3-6,11-12,15-16H,1-2H3/t11-,12+/m1/s1. The van der Waals surface area contributed by atoms with Gasteiger partial charge in [-0.1, -0.05) is 12.1 Å². The number of aliphatic hydroxyl groups is 2. The molecule has 1 aromatic carbocycles. The summed E-state index contributed by atoms with van der Waals surface area (Å²) >= 11 is 0. The summed E-state index contributed by atoms with van der Waals surface area (Å²) in [5.74, 6) is -1.76. The lowest BCUT2D eigenvalue weighted by Crippen LogP contribution is -2.36. The predicted octanol–water partition coefficient (Wildman–Crippen LogP) is 0.424. The van der Waals surface area contributed by atoms with Crippen LogP contribution < -0.4 is 4.74 Å². The molecule has 21 heavy (non-hydrogen) atoms. The number of ether oxygens (including phenoxy) is 3. The van der Waals surface area contributed by atoms with E-state index < -0.39 is 29.9 Å². The van der Waals surface area contributed by atoms with Gasteiger partial charge in [0.25, 0.3) is 0 Å². The van der Waals surface area contributed by atoms with E-state index in [1.54, 1.807) is 24.3 Å². The maximum absolute atomic E-state index is 11.8. The van der Waals surface area contributed by atoms with Crippen LogP contribution in [0, 0.1) is 0 Å². The minimum absolute atomic E-state index is 0.106. The largest absolute Gasteiger partial charge is 0.507 e. The number of carbonyl (C=O) groups excluding carboxylic acids is 2. The average Bonchev–Trinajstić information content (AvgIpc) is 2.80. The highest BCUT2D eigenvalue weighted by Crippen LogP contribution is 2.31. The fourth-order valence-electron chi connectivity index (χ4n) is 1.96. The van der Waals surface area contributed by atoms with Crippen LogP contribution in [-0.2, 0) is 19.1 Å². The molecule has 0 bridgehead atoms. The summed E-state index contributed by atoms with van der Waals surface area (Å²) in [6.45, 7) is 0. The summed E-state index contributed by atoms with van der Waals surface area (Å²) in [5.41, 5.74) is 0.281. The van der Waals surface area contributed by atoms with E-state index in [0.717, 1.165) is 7.11 Å². The summed E-state index contributed by atoms with van der Waals surface area (Å²) < 4.78 is 14.2. The number of benzene rings is 1. The molecule has 7 heteroatoms. The van der Waals surface area contributed by atoms with Crippen molar-refractivity contribution in [2.24, 2.45) is 0 Å². The van der Waals surface area contributed by atoms with Crippen LogP contribution in [-0.4, -0.2) is 48.6 Å². The van der Waals surface area contributed by atoms with Gasteiger partial charge < -0.3 is 24.4 Å². The third-order valence-corrected chi connectivity index (χ3v) is 3.07. The van der Waals surface area contributed by atoms with Gasteiger partial charge in [0.2, 0.25) is 0 Å². The van der Waals surface area contributed by atoms with Gasteiger partial charge in [0.15, 0.2) is 18.0 Å². The van der Waals surface area contributed by atoms with Gasteiger partial charge in [-0.3, -0.25) is 0 Å². The molecule has 0 spiro atoms. The first-order valence-corrected chi connectivity index (χ1v) is 6.04. The maximum atomic E-state index is 11.8. The molecule has 2 rings (SSSR count). The van der Waals surface area contributed by atoms with Gasteiger partial charge in [-0.15, -0.1) is 0 Å². The van der Waals surface area contributed by atoms with Gasteiger partial charge >= 0.3 is 11.9 Å². The average molecular weight is 294 g/mol. The fraction of sp³-hybridized carbons (Fsp3) is 0.286. The first-order valence-electron chi connectivity index (χ1n) is 6.04. The van der Waals surface area contributed by atoms with Crippen LogP contribution in [0.3, 0.4) is 0 Å². The Morgan fingerprint density at radius 2 is 1.90 bits per heavy atom. The molecule has 2 atom stereocenters. The van der Waals surface area contributed by atoms with E-state index in [1.165, 1.54) is 7.11 Å². The highest BCUT2D eigenvalue weighted by Gasteiger charge is 2.42. The molecule has 0 saturated heterocycles. The van der Waals surface area contributed by atoms with Crippen molar-refractivity contribution >= 4 is 17.5 Å². The number of hydrogen-bond acceptors (Lipinski definition) is 7. The number of esters is 2. The van der Waals surface area contributed by atoms with E-state index in [9.17, 15) is 19.8 Å². The first kappa shape index (κ1) is 14.9. The summed E-state index contributed by atoms with van der Waals surface area (Å²) in [6, 6.07) is 6.32. The Bertz CT molecular complexity index is 588. The predicted molar refractivity (Wildman–Crippen MR) is 70.4 cm³/mol. The summed E-state index contributed by atoms with van der Waals surface area (Å²) in [6.07, 6.45) is -3.25. The number of hydrogen-bond donors (Lipinski definition) is 2. The third-order valence-electron chi connectivity index (χ3n) is 3.07. The number of rotatable bonds is 4. The molecule has 1 aliphatic rings. The van der Waals surface area contributed by atoms with Gasteiger partial charge in [-0.25, -0.2) is 9.59 Å². The van der Waals surface area contributed by atoms with Crippen LogP contribution >= 0.6 is 0 Å². The van der Waals surface area contributed by atoms with Crippen LogP contribution in [0.25, 0.3) is 5.57 Å². The topological polar surface area (TPSA) is 102 Å². The minimum atomic E-state index is -1.78. The Hall–Kier alpha value is -2.54. The molecule has 2 N–H and O–H groups in total. The number of cyclic esters (lactones) is 1. The SMILES string of the molecule is COC(=O)[C@H](O)[C@H]1OC(=O)C(c2ccc(OC)cc2)=C1O. The fourth-order valence-corrected chi connectivity index (χ4v) is 1.96.